The van der Waals surface area contributed by atoms with E-state index in [4.69, 9.17) is 33.7 Å². The number of nitrogens with one attached hydrogen (secondary N) is 2. The summed E-state index contributed by atoms with van der Waals surface area (Å²) in [5, 5.41) is 5.50. The molecule has 0 aliphatic carbocycles. The first-order chi connectivity index (χ1) is 16.8. The maximum Gasteiger partial charge on any atom is 0.273 e. The van der Waals surface area contributed by atoms with Gasteiger partial charge >= 0.3 is 0 Å². The first kappa shape index (κ1) is 25.0. The molecule has 4 rings (SSSR count). The molecule has 35 heavy (non-hydrogen) atoms. The number of anilines is 2. The van der Waals surface area contributed by atoms with Crippen LogP contribution in [0.3, 0.4) is 0 Å². The Kier molecular flexibility index (Phi) is 7.60. The first-order valence-electron chi connectivity index (χ1n) is 10.5. The summed E-state index contributed by atoms with van der Waals surface area (Å²) >= 11 is 12.3. The summed E-state index contributed by atoms with van der Waals surface area (Å²) in [7, 11) is 0. The second-order valence-corrected chi connectivity index (χ2v) is 8.52. The summed E-state index contributed by atoms with van der Waals surface area (Å²) in [6.07, 6.45) is 2.15. The van der Waals surface area contributed by atoms with Crippen LogP contribution in [0.2, 0.25) is 10.0 Å². The fourth-order valence-corrected chi connectivity index (χ4v) is 4.30. The standard InChI is InChI=1S/C22H20Cl2F2N6O3/c23-14-5-11(19(25)26)6-15(24)18(14)32-10-30-20(27)17(22(32)34)21(33)31-13-4-12(7-28-8-13)16-9-35-3-1-2-29-16/h4-8,10,16,19,29H,1-3,9,27H2,(H,31,33)/t16-/m0/s1. The summed E-state index contributed by atoms with van der Waals surface area (Å²) in [5.74, 6) is -1.17. The van der Waals surface area contributed by atoms with E-state index in [0.717, 1.165) is 41.6 Å². The molecule has 0 unspecified atom stereocenters. The Morgan fingerprint density at radius 1 is 1.26 bits per heavy atom. The number of ether oxygens (including phenoxy) is 1. The minimum atomic E-state index is -2.81. The molecule has 1 aliphatic heterocycles. The number of pyridine rings is 1. The fraction of sp³-hybridized carbons (Fsp3) is 0.273. The van der Waals surface area contributed by atoms with Crippen molar-refractivity contribution in [2.24, 2.45) is 0 Å². The van der Waals surface area contributed by atoms with Gasteiger partial charge in [0.05, 0.1) is 40.3 Å². The number of hydrogen-bond donors (Lipinski definition) is 3. The van der Waals surface area contributed by atoms with E-state index in [0.29, 0.717) is 18.9 Å². The molecule has 4 N–H and O–H groups in total. The van der Waals surface area contributed by atoms with Gasteiger partial charge in [-0.15, -0.1) is 0 Å². The summed E-state index contributed by atoms with van der Waals surface area (Å²) in [6.45, 7) is 1.88. The van der Waals surface area contributed by atoms with E-state index >= 15 is 0 Å². The number of rotatable bonds is 5. The van der Waals surface area contributed by atoms with E-state index in [1.807, 2.05) is 0 Å². The van der Waals surface area contributed by atoms with Crippen molar-refractivity contribution >= 4 is 40.6 Å². The van der Waals surface area contributed by atoms with Crippen LogP contribution in [0, 0.1) is 0 Å². The molecule has 0 saturated carbocycles. The maximum absolute atomic E-state index is 13.2. The zero-order valence-corrected chi connectivity index (χ0v) is 19.6. The Morgan fingerprint density at radius 2 is 2.00 bits per heavy atom. The molecule has 0 bridgehead atoms. The van der Waals surface area contributed by atoms with Gasteiger partial charge in [-0.3, -0.25) is 19.1 Å². The van der Waals surface area contributed by atoms with Gasteiger partial charge in [-0.2, -0.15) is 0 Å². The Bertz CT molecular complexity index is 1290. The zero-order chi connectivity index (χ0) is 25.1. The topological polar surface area (TPSA) is 124 Å². The number of halogens is 4. The van der Waals surface area contributed by atoms with Gasteiger partial charge in [0.15, 0.2) is 0 Å². The maximum atomic E-state index is 13.2. The van der Waals surface area contributed by atoms with Crippen molar-refractivity contribution in [3.05, 3.63) is 74.0 Å². The molecule has 0 spiro atoms. The van der Waals surface area contributed by atoms with Crippen LogP contribution in [0.1, 0.15) is 40.4 Å². The van der Waals surface area contributed by atoms with Crippen LogP contribution in [-0.4, -0.2) is 40.2 Å². The molecule has 3 heterocycles. The van der Waals surface area contributed by atoms with E-state index in [1.54, 1.807) is 12.3 Å². The Balaban J connectivity index is 1.66. The van der Waals surface area contributed by atoms with E-state index in [1.165, 1.54) is 6.20 Å². The SMILES string of the molecule is Nc1ncn(-c2c(Cl)cc(C(F)F)cc2Cl)c(=O)c1C(=O)Nc1cncc([C@@H]2COCCCN2)c1. The summed E-state index contributed by atoms with van der Waals surface area (Å²) < 4.78 is 32.6. The number of benzene rings is 1. The lowest BCUT2D eigenvalue weighted by molar-refractivity contribution is 0.102. The van der Waals surface area contributed by atoms with E-state index in [9.17, 15) is 18.4 Å². The van der Waals surface area contributed by atoms with Gasteiger partial charge in [-0.05, 0) is 36.7 Å². The molecule has 1 fully saturated rings. The third-order valence-corrected chi connectivity index (χ3v) is 5.90. The molecule has 0 radical (unpaired) electrons. The predicted molar refractivity (Wildman–Crippen MR) is 128 cm³/mol. The number of amides is 1. The smallest absolute Gasteiger partial charge is 0.273 e. The molecule has 13 heteroatoms. The van der Waals surface area contributed by atoms with Crippen LogP contribution < -0.4 is 21.9 Å². The number of nitrogen functional groups attached to an aromatic ring is 1. The summed E-state index contributed by atoms with van der Waals surface area (Å²) in [6, 6.07) is 3.57. The second-order valence-electron chi connectivity index (χ2n) is 7.71. The highest BCUT2D eigenvalue weighted by molar-refractivity contribution is 6.37. The zero-order valence-electron chi connectivity index (χ0n) is 18.1. The minimum Gasteiger partial charge on any atom is -0.383 e. The van der Waals surface area contributed by atoms with Crippen LogP contribution in [0.25, 0.3) is 5.69 Å². The van der Waals surface area contributed by atoms with Gasteiger partial charge in [0.25, 0.3) is 17.9 Å². The van der Waals surface area contributed by atoms with Crippen molar-refractivity contribution in [3.8, 4) is 5.69 Å². The van der Waals surface area contributed by atoms with Crippen LogP contribution in [0.5, 0.6) is 0 Å². The molecule has 1 saturated heterocycles. The van der Waals surface area contributed by atoms with Gasteiger partial charge in [0.1, 0.15) is 17.7 Å². The highest BCUT2D eigenvalue weighted by Gasteiger charge is 2.23. The molecule has 1 amide bonds. The minimum absolute atomic E-state index is 0.104. The van der Waals surface area contributed by atoms with Crippen LogP contribution in [0.15, 0.2) is 41.7 Å². The van der Waals surface area contributed by atoms with Gasteiger partial charge in [-0.25, -0.2) is 13.8 Å². The van der Waals surface area contributed by atoms with Gasteiger partial charge < -0.3 is 21.1 Å². The van der Waals surface area contributed by atoms with Gasteiger partial charge in [0, 0.05) is 18.4 Å². The highest BCUT2D eigenvalue weighted by Crippen LogP contribution is 2.33. The lowest BCUT2D eigenvalue weighted by Gasteiger charge is -2.16. The summed E-state index contributed by atoms with van der Waals surface area (Å²) in [5.41, 5.74) is 5.07. The molecule has 3 aromatic rings. The Hall–Kier alpha value is -3.12. The average Bonchev–Trinajstić information content (AvgIpc) is 3.10. The number of aromatic nitrogens is 3. The molecule has 184 valence electrons. The number of nitrogens with zero attached hydrogens (tertiary/aromatic N) is 3. The van der Waals surface area contributed by atoms with E-state index < -0.39 is 29.0 Å². The van der Waals surface area contributed by atoms with Crippen molar-refractivity contribution in [1.82, 2.24) is 19.9 Å². The normalized spacial score (nSPS) is 16.2. The first-order valence-corrected chi connectivity index (χ1v) is 11.2. The third-order valence-electron chi connectivity index (χ3n) is 5.32. The third kappa shape index (κ3) is 5.43. The molecule has 9 nitrogen and oxygen atoms in total. The average molecular weight is 525 g/mol. The van der Waals surface area contributed by atoms with Crippen molar-refractivity contribution in [2.75, 3.05) is 30.8 Å². The number of carbonyl (C=O) groups is 1. The van der Waals surface area contributed by atoms with Crippen LogP contribution in [-0.2, 0) is 4.74 Å². The highest BCUT2D eigenvalue weighted by atomic mass is 35.5. The number of hydrogen-bond acceptors (Lipinski definition) is 7. The molecule has 1 atom stereocenters. The number of carbonyl (C=O) groups excluding carboxylic acids is 1. The largest absolute Gasteiger partial charge is 0.383 e. The van der Waals surface area contributed by atoms with Crippen molar-refractivity contribution < 1.29 is 18.3 Å². The molecular weight excluding hydrogens is 505 g/mol. The number of alkyl halides is 2. The Labute approximate surface area is 208 Å². The predicted octanol–water partition coefficient (Wildman–Crippen LogP) is 3.76. The quantitative estimate of drug-likeness (QED) is 0.464. The molecule has 1 aliphatic rings. The van der Waals surface area contributed by atoms with E-state index in [-0.39, 0.29) is 27.6 Å². The summed E-state index contributed by atoms with van der Waals surface area (Å²) in [4.78, 5) is 34.2. The monoisotopic (exact) mass is 524 g/mol. The van der Waals surface area contributed by atoms with Crippen LogP contribution >= 0.6 is 23.2 Å². The number of nitrogens with two attached hydrogens (primary N) is 1. The van der Waals surface area contributed by atoms with E-state index in [2.05, 4.69) is 20.6 Å². The van der Waals surface area contributed by atoms with Crippen molar-refractivity contribution in [2.45, 2.75) is 18.9 Å². The van der Waals surface area contributed by atoms with Crippen LogP contribution in [0.4, 0.5) is 20.3 Å². The molecule has 2 aromatic heterocycles. The second kappa shape index (κ2) is 10.6. The lowest BCUT2D eigenvalue weighted by atomic mass is 10.1. The molecule has 1 aromatic carbocycles. The molecular formula is C22H20Cl2F2N6O3. The lowest BCUT2D eigenvalue weighted by Crippen LogP contribution is -2.31. The van der Waals surface area contributed by atoms with Crippen molar-refractivity contribution in [3.63, 3.8) is 0 Å². The van der Waals surface area contributed by atoms with Crippen molar-refractivity contribution in [1.29, 1.82) is 0 Å². The Morgan fingerprint density at radius 3 is 2.71 bits per heavy atom. The van der Waals surface area contributed by atoms with Gasteiger partial charge in [-0.1, -0.05) is 23.2 Å². The fourth-order valence-electron chi connectivity index (χ4n) is 3.62. The van der Waals surface area contributed by atoms with Gasteiger partial charge in [0.2, 0.25) is 0 Å².